The summed E-state index contributed by atoms with van der Waals surface area (Å²) in [5, 5.41) is 13.6. The third-order valence-corrected chi connectivity index (χ3v) is 6.07. The zero-order valence-corrected chi connectivity index (χ0v) is 23.5. The van der Waals surface area contributed by atoms with E-state index in [2.05, 4.69) is 37.1 Å². The maximum absolute atomic E-state index is 12.7. The van der Waals surface area contributed by atoms with Gasteiger partial charge in [-0.1, -0.05) is 66.2 Å². The Hall–Kier alpha value is -0.610. The summed E-state index contributed by atoms with van der Waals surface area (Å²) in [6.07, 6.45) is 8.20. The number of rotatable bonds is 17. The van der Waals surface area contributed by atoms with Crippen LogP contribution in [-0.2, 0) is 18.8 Å². The van der Waals surface area contributed by atoms with Crippen LogP contribution in [0.2, 0.25) is 0 Å². The molecular formula is C24H37NaO7S. The number of carbonyl (C=O) groups is 2. The predicted octanol–water partition coefficient (Wildman–Crippen LogP) is 2.67. The molecular weight excluding hydrogens is 455 g/mol. The van der Waals surface area contributed by atoms with Crippen molar-refractivity contribution in [2.45, 2.75) is 84.0 Å². The molecule has 0 aliphatic heterocycles. The summed E-state index contributed by atoms with van der Waals surface area (Å²) in [6.45, 7) is 9.05. The smallest absolute Gasteiger partial charge is 0.691 e. The number of hydrogen-bond donors (Lipinski definition) is 0. The van der Waals surface area contributed by atoms with Crippen molar-refractivity contribution in [2.75, 3.05) is 13.2 Å². The van der Waals surface area contributed by atoms with Gasteiger partial charge in [0.15, 0.2) is 0 Å². The van der Waals surface area contributed by atoms with Gasteiger partial charge in [-0.2, -0.15) is 4.33 Å². The zero-order valence-electron chi connectivity index (χ0n) is 20.7. The van der Waals surface area contributed by atoms with Crippen molar-refractivity contribution < 1.29 is 63.2 Å². The van der Waals surface area contributed by atoms with Crippen LogP contribution in [0.15, 0.2) is 23.1 Å². The molecule has 0 spiro atoms. The molecule has 1 aromatic carbocycles. The fraction of sp³-hybridized carbons (Fsp3) is 0.667. The molecule has 0 fully saturated rings. The minimum Gasteiger partial charge on any atom is -0.691 e. The number of carbonyl (C=O) groups excluding carboxylic acids is 2. The second kappa shape index (κ2) is 19.7. The second-order valence-electron chi connectivity index (χ2n) is 8.00. The van der Waals surface area contributed by atoms with Crippen LogP contribution in [0.5, 0.6) is 0 Å². The average molecular weight is 493 g/mol. The third kappa shape index (κ3) is 13.2. The number of esters is 2. The first kappa shape index (κ1) is 32.4. The Morgan fingerprint density at radius 1 is 0.848 bits per heavy atom. The maximum atomic E-state index is 12.7. The summed E-state index contributed by atoms with van der Waals surface area (Å²) in [6, 6.07) is 4.44. The summed E-state index contributed by atoms with van der Waals surface area (Å²) in [5.41, 5.74) is 0.389. The molecule has 0 saturated heterocycles. The molecule has 0 N–H and O–H groups in total. The van der Waals surface area contributed by atoms with Crippen molar-refractivity contribution in [3.8, 4) is 0 Å². The molecule has 2 unspecified atom stereocenters. The molecule has 7 nitrogen and oxygen atoms in total. The van der Waals surface area contributed by atoms with Crippen LogP contribution in [0.3, 0.4) is 0 Å². The molecule has 0 amide bonds. The SMILES string of the molecule is CCCCC(CC)COC(=O)c1cc(SOO[O-])cc(C(=O)OCC(CC)CCCC)c1.[Na+]. The summed E-state index contributed by atoms with van der Waals surface area (Å²) < 4.78 is 15.4. The van der Waals surface area contributed by atoms with Crippen LogP contribution in [-0.4, -0.2) is 25.2 Å². The Balaban J connectivity index is 0.0000102. The van der Waals surface area contributed by atoms with E-state index >= 15 is 0 Å². The van der Waals surface area contributed by atoms with Crippen molar-refractivity contribution in [1.82, 2.24) is 0 Å². The Morgan fingerprint density at radius 2 is 1.30 bits per heavy atom. The quantitative estimate of drug-likeness (QED) is 0.108. The maximum Gasteiger partial charge on any atom is 1.00 e. The number of ether oxygens (including phenoxy) is 2. The van der Waals surface area contributed by atoms with Gasteiger partial charge in [-0.3, -0.25) is 5.04 Å². The van der Waals surface area contributed by atoms with Crippen molar-refractivity contribution in [2.24, 2.45) is 11.8 Å². The van der Waals surface area contributed by atoms with E-state index < -0.39 is 11.9 Å². The molecule has 0 aliphatic carbocycles. The normalized spacial score (nSPS) is 12.5. The van der Waals surface area contributed by atoms with Crippen molar-refractivity contribution in [3.63, 3.8) is 0 Å². The Morgan fingerprint density at radius 3 is 1.67 bits per heavy atom. The first-order valence-electron chi connectivity index (χ1n) is 11.6. The van der Waals surface area contributed by atoms with Crippen LogP contribution < -0.4 is 34.8 Å². The fourth-order valence-electron chi connectivity index (χ4n) is 3.29. The van der Waals surface area contributed by atoms with Gasteiger partial charge in [0, 0.05) is 4.90 Å². The third-order valence-electron chi connectivity index (χ3n) is 5.52. The molecule has 0 radical (unpaired) electrons. The van der Waals surface area contributed by atoms with Crippen molar-refractivity contribution >= 4 is 24.0 Å². The van der Waals surface area contributed by atoms with E-state index in [4.69, 9.17) is 9.47 Å². The minimum atomic E-state index is -0.533. The summed E-state index contributed by atoms with van der Waals surface area (Å²) in [5.74, 6) is -0.470. The first-order chi connectivity index (χ1) is 15.5. The average Bonchev–Trinajstić information content (AvgIpc) is 2.82. The fourth-order valence-corrected chi connectivity index (χ4v) is 3.74. The molecule has 2 atom stereocenters. The predicted molar refractivity (Wildman–Crippen MR) is 122 cm³/mol. The minimum absolute atomic E-state index is 0. The summed E-state index contributed by atoms with van der Waals surface area (Å²) in [4.78, 5) is 25.7. The van der Waals surface area contributed by atoms with E-state index in [1.165, 1.54) is 18.2 Å². The standard InChI is InChI=1S/C24H38O7S.Na/c1-5-9-11-18(7-3)16-28-23(25)20-13-21(15-22(14-20)32-31-30-27)24(26)29-17-19(8-4)12-10-6-2;/h13-15,18-19,27H,5-12,16-17H2,1-4H3;/q;+1/p-1. The topological polar surface area (TPSA) is 94.1 Å². The van der Waals surface area contributed by atoms with Crippen LogP contribution in [0.25, 0.3) is 0 Å². The summed E-state index contributed by atoms with van der Waals surface area (Å²) >= 11 is 0.613. The molecule has 1 rings (SSSR count). The molecule has 1 aromatic rings. The van der Waals surface area contributed by atoms with Gasteiger partial charge in [-0.25, -0.2) is 9.59 Å². The molecule has 33 heavy (non-hydrogen) atoms. The van der Waals surface area contributed by atoms with Gasteiger partial charge in [-0.15, -0.1) is 0 Å². The van der Waals surface area contributed by atoms with Gasteiger partial charge in [0.2, 0.25) is 0 Å². The van der Waals surface area contributed by atoms with E-state index in [9.17, 15) is 14.8 Å². The van der Waals surface area contributed by atoms with E-state index in [0.29, 0.717) is 42.0 Å². The molecule has 9 heteroatoms. The molecule has 0 heterocycles. The molecule has 0 aliphatic rings. The molecule has 0 saturated carbocycles. The van der Waals surface area contributed by atoms with Crippen LogP contribution >= 0.6 is 12.0 Å². The number of unbranched alkanes of at least 4 members (excludes halogenated alkanes) is 2. The largest absolute Gasteiger partial charge is 1.00 e. The van der Waals surface area contributed by atoms with E-state index in [-0.39, 0.29) is 40.7 Å². The van der Waals surface area contributed by atoms with E-state index in [0.717, 1.165) is 51.4 Å². The van der Waals surface area contributed by atoms with Gasteiger partial charge in [-0.05, 0) is 42.9 Å². The van der Waals surface area contributed by atoms with Crippen LogP contribution in [0.4, 0.5) is 0 Å². The first-order valence-corrected chi connectivity index (χ1v) is 12.3. The second-order valence-corrected chi connectivity index (χ2v) is 8.77. The summed E-state index contributed by atoms with van der Waals surface area (Å²) in [7, 11) is 0. The monoisotopic (exact) mass is 492 g/mol. The van der Waals surface area contributed by atoms with Crippen molar-refractivity contribution in [3.05, 3.63) is 29.3 Å². The Labute approximate surface area is 224 Å². The Bertz CT molecular complexity index is 637. The zero-order chi connectivity index (χ0) is 23.8. The van der Waals surface area contributed by atoms with Crippen LogP contribution in [0, 0.1) is 11.8 Å². The molecule has 182 valence electrons. The van der Waals surface area contributed by atoms with Crippen molar-refractivity contribution in [1.29, 1.82) is 0 Å². The molecule has 0 aromatic heterocycles. The van der Waals surface area contributed by atoms with Gasteiger partial charge in [0.05, 0.1) is 36.4 Å². The number of benzene rings is 1. The van der Waals surface area contributed by atoms with Gasteiger partial charge in [0.1, 0.15) is 0 Å². The van der Waals surface area contributed by atoms with E-state index in [1.807, 2.05) is 0 Å². The van der Waals surface area contributed by atoms with E-state index in [1.54, 1.807) is 0 Å². The van der Waals surface area contributed by atoms with Gasteiger partial charge in [0.25, 0.3) is 0 Å². The van der Waals surface area contributed by atoms with Gasteiger partial charge < -0.3 is 14.7 Å². The Kier molecular flexibility index (Phi) is 19.3. The molecule has 0 bridgehead atoms. The van der Waals surface area contributed by atoms with Gasteiger partial charge >= 0.3 is 41.5 Å². The van der Waals surface area contributed by atoms with Crippen LogP contribution in [0.1, 0.15) is 99.8 Å². The number of hydrogen-bond acceptors (Lipinski definition) is 8.